The Hall–Kier alpha value is -2.47. The number of benzene rings is 3. The Labute approximate surface area is 167 Å². The molecule has 0 aliphatic carbocycles. The van der Waals surface area contributed by atoms with Crippen molar-refractivity contribution in [2.24, 2.45) is 0 Å². The van der Waals surface area contributed by atoms with Crippen LogP contribution in [0.15, 0.2) is 95.9 Å². The van der Waals surface area contributed by atoms with Crippen LogP contribution in [0.1, 0.15) is 30.0 Å². The Morgan fingerprint density at radius 3 is 1.79 bits per heavy atom. The van der Waals surface area contributed by atoms with Crippen molar-refractivity contribution in [1.29, 1.82) is 0 Å². The van der Waals surface area contributed by atoms with Gasteiger partial charge in [-0.3, -0.25) is 0 Å². The van der Waals surface area contributed by atoms with Crippen molar-refractivity contribution in [3.63, 3.8) is 0 Å². The summed E-state index contributed by atoms with van der Waals surface area (Å²) in [6.07, 6.45) is 0. The highest BCUT2D eigenvalue weighted by Crippen LogP contribution is 2.18. The number of hydrogen-bond acceptors (Lipinski definition) is 3. The van der Waals surface area contributed by atoms with Crippen molar-refractivity contribution in [3.8, 4) is 0 Å². The van der Waals surface area contributed by atoms with E-state index in [0.717, 1.165) is 12.1 Å². The second-order valence-corrected chi connectivity index (χ2v) is 8.58. The molecule has 0 amide bonds. The maximum Gasteiger partial charge on any atom is 0.241 e. The summed E-state index contributed by atoms with van der Waals surface area (Å²) in [5, 5.41) is 3.43. The summed E-state index contributed by atoms with van der Waals surface area (Å²) in [5.74, 6) is 0.336. The lowest BCUT2D eigenvalue weighted by molar-refractivity contribution is 0.516. The molecular formula is C23H26N2O2S. The molecule has 3 aromatic rings. The van der Waals surface area contributed by atoms with E-state index in [-0.39, 0.29) is 10.9 Å². The minimum Gasteiger partial charge on any atom is -0.314 e. The summed E-state index contributed by atoms with van der Waals surface area (Å²) in [4.78, 5) is 0.272. The first-order chi connectivity index (χ1) is 13.6. The summed E-state index contributed by atoms with van der Waals surface area (Å²) < 4.78 is 28.4. The minimum atomic E-state index is -3.60. The largest absolute Gasteiger partial charge is 0.314 e. The fourth-order valence-electron chi connectivity index (χ4n) is 3.11. The molecule has 0 spiro atoms. The number of nitrogens with one attached hydrogen (secondary N) is 2. The minimum absolute atomic E-state index is 0.272. The summed E-state index contributed by atoms with van der Waals surface area (Å²) in [5.41, 5.74) is 2.19. The van der Waals surface area contributed by atoms with E-state index in [0.29, 0.717) is 12.5 Å². The van der Waals surface area contributed by atoms with Gasteiger partial charge in [-0.25, -0.2) is 13.1 Å². The smallest absolute Gasteiger partial charge is 0.241 e. The van der Waals surface area contributed by atoms with Crippen LogP contribution in [0.5, 0.6) is 0 Å². The monoisotopic (exact) mass is 394 g/mol. The summed E-state index contributed by atoms with van der Waals surface area (Å²) in [6.45, 7) is 3.43. The number of rotatable bonds is 9. The van der Waals surface area contributed by atoms with Crippen LogP contribution in [0.25, 0.3) is 0 Å². The van der Waals surface area contributed by atoms with Gasteiger partial charge in [0, 0.05) is 13.1 Å². The highest BCUT2D eigenvalue weighted by atomic mass is 32.2. The lowest BCUT2D eigenvalue weighted by atomic mass is 10.0. The van der Waals surface area contributed by atoms with Crippen LogP contribution in [0, 0.1) is 0 Å². The molecule has 0 saturated carbocycles. The lowest BCUT2D eigenvalue weighted by Crippen LogP contribution is -2.36. The van der Waals surface area contributed by atoms with Crippen molar-refractivity contribution < 1.29 is 8.42 Å². The van der Waals surface area contributed by atoms with Gasteiger partial charge in [0.2, 0.25) is 10.0 Å². The van der Waals surface area contributed by atoms with Gasteiger partial charge >= 0.3 is 0 Å². The zero-order valence-electron chi connectivity index (χ0n) is 16.0. The Bertz CT molecular complexity index is 946. The molecule has 28 heavy (non-hydrogen) atoms. The van der Waals surface area contributed by atoms with Crippen molar-refractivity contribution in [1.82, 2.24) is 10.0 Å². The molecular weight excluding hydrogens is 368 g/mol. The average Bonchev–Trinajstić information content (AvgIpc) is 2.75. The van der Waals surface area contributed by atoms with Crippen molar-refractivity contribution in [3.05, 3.63) is 102 Å². The lowest BCUT2D eigenvalue weighted by Gasteiger charge is -2.21. The average molecular weight is 395 g/mol. The van der Waals surface area contributed by atoms with E-state index < -0.39 is 10.0 Å². The fraction of sp³-hybridized carbons (Fsp3) is 0.217. The first-order valence-electron chi connectivity index (χ1n) is 9.44. The molecule has 4 nitrogen and oxygen atoms in total. The molecule has 0 saturated heterocycles. The maximum atomic E-state index is 12.8. The van der Waals surface area contributed by atoms with Gasteiger partial charge < -0.3 is 5.32 Å². The quantitative estimate of drug-likeness (QED) is 0.574. The highest BCUT2D eigenvalue weighted by molar-refractivity contribution is 7.89. The van der Waals surface area contributed by atoms with Crippen LogP contribution in [0.2, 0.25) is 0 Å². The normalized spacial score (nSPS) is 13.8. The molecule has 0 radical (unpaired) electrons. The van der Waals surface area contributed by atoms with Gasteiger partial charge in [-0.1, -0.05) is 85.8 Å². The third kappa shape index (κ3) is 5.52. The van der Waals surface area contributed by atoms with Gasteiger partial charge in [-0.15, -0.1) is 0 Å². The Balaban J connectivity index is 1.70. The topological polar surface area (TPSA) is 58.2 Å². The first kappa shape index (κ1) is 20.3. The van der Waals surface area contributed by atoms with E-state index in [4.69, 9.17) is 0 Å². The second kappa shape index (κ2) is 9.64. The third-order valence-corrected chi connectivity index (χ3v) is 6.21. The van der Waals surface area contributed by atoms with Crippen LogP contribution in [0.4, 0.5) is 0 Å². The van der Waals surface area contributed by atoms with E-state index in [1.807, 2.05) is 48.5 Å². The van der Waals surface area contributed by atoms with Gasteiger partial charge in [0.05, 0.1) is 10.9 Å². The van der Waals surface area contributed by atoms with E-state index in [2.05, 4.69) is 29.1 Å². The van der Waals surface area contributed by atoms with Crippen LogP contribution in [0.3, 0.4) is 0 Å². The molecule has 2 N–H and O–H groups in total. The Morgan fingerprint density at radius 1 is 0.714 bits per heavy atom. The molecule has 0 aliphatic heterocycles. The standard InChI is InChI=1S/C23H26N2O2S/c1-19(20-11-5-2-6-12-20)17-24-18-23(21-13-7-3-8-14-21)25-28(26,27)22-15-9-4-10-16-22/h2-16,19,23-25H,17-18H2,1H3/t19-,23-/m1/s1. The van der Waals surface area contributed by atoms with Crippen LogP contribution in [-0.4, -0.2) is 21.5 Å². The van der Waals surface area contributed by atoms with E-state index in [9.17, 15) is 8.42 Å². The SMILES string of the molecule is C[C@H](CNC[C@@H](NS(=O)(=O)c1ccccc1)c1ccccc1)c1ccccc1. The third-order valence-electron chi connectivity index (χ3n) is 4.72. The van der Waals surface area contributed by atoms with E-state index >= 15 is 0 Å². The molecule has 0 bridgehead atoms. The van der Waals surface area contributed by atoms with Crippen molar-refractivity contribution >= 4 is 10.0 Å². The van der Waals surface area contributed by atoms with Gasteiger partial charge in [0.25, 0.3) is 0 Å². The molecule has 0 heterocycles. The molecule has 0 unspecified atom stereocenters. The summed E-state index contributed by atoms with van der Waals surface area (Å²) in [6, 6.07) is 28.1. The molecule has 0 fully saturated rings. The van der Waals surface area contributed by atoms with Gasteiger partial charge in [0.15, 0.2) is 0 Å². The zero-order chi connectivity index (χ0) is 19.8. The van der Waals surface area contributed by atoms with E-state index in [1.165, 1.54) is 5.56 Å². The molecule has 3 aromatic carbocycles. The van der Waals surface area contributed by atoms with Crippen molar-refractivity contribution in [2.75, 3.05) is 13.1 Å². The van der Waals surface area contributed by atoms with Gasteiger partial charge in [0.1, 0.15) is 0 Å². The summed E-state index contributed by atoms with van der Waals surface area (Å²) in [7, 11) is -3.60. The van der Waals surface area contributed by atoms with Crippen LogP contribution >= 0.6 is 0 Å². The van der Waals surface area contributed by atoms with Crippen LogP contribution < -0.4 is 10.0 Å². The number of sulfonamides is 1. The second-order valence-electron chi connectivity index (χ2n) is 6.87. The van der Waals surface area contributed by atoms with Crippen molar-refractivity contribution in [2.45, 2.75) is 23.8 Å². The number of hydrogen-bond donors (Lipinski definition) is 2. The van der Waals surface area contributed by atoms with Crippen LogP contribution in [-0.2, 0) is 10.0 Å². The predicted molar refractivity (Wildman–Crippen MR) is 114 cm³/mol. The molecule has 0 aromatic heterocycles. The predicted octanol–water partition coefficient (Wildman–Crippen LogP) is 4.10. The highest BCUT2D eigenvalue weighted by Gasteiger charge is 2.21. The van der Waals surface area contributed by atoms with E-state index in [1.54, 1.807) is 30.3 Å². The Kier molecular flexibility index (Phi) is 6.98. The van der Waals surface area contributed by atoms with Gasteiger partial charge in [-0.05, 0) is 29.2 Å². The zero-order valence-corrected chi connectivity index (χ0v) is 16.8. The molecule has 3 rings (SSSR count). The molecule has 5 heteroatoms. The maximum absolute atomic E-state index is 12.8. The fourth-order valence-corrected chi connectivity index (χ4v) is 4.36. The first-order valence-corrected chi connectivity index (χ1v) is 10.9. The summed E-state index contributed by atoms with van der Waals surface area (Å²) >= 11 is 0. The molecule has 0 aliphatic rings. The molecule has 146 valence electrons. The Morgan fingerprint density at radius 2 is 1.21 bits per heavy atom. The molecule has 2 atom stereocenters. The van der Waals surface area contributed by atoms with Gasteiger partial charge in [-0.2, -0.15) is 0 Å².